The fourth-order valence-electron chi connectivity index (χ4n) is 3.41. The maximum Gasteiger partial charge on any atom is 0.409 e. The Hall–Kier alpha value is -2.57. The largest absolute Gasteiger partial charge is 0.450 e. The third-order valence-corrected chi connectivity index (χ3v) is 4.65. The zero-order valence-corrected chi connectivity index (χ0v) is 16.6. The molecule has 7 heteroatoms. The summed E-state index contributed by atoms with van der Waals surface area (Å²) in [5.74, 6) is -0.629. The van der Waals surface area contributed by atoms with Gasteiger partial charge in [-0.3, -0.25) is 9.59 Å². The minimum atomic E-state index is -0.327. The van der Waals surface area contributed by atoms with Gasteiger partial charge in [0.15, 0.2) is 0 Å². The van der Waals surface area contributed by atoms with Gasteiger partial charge in [-0.1, -0.05) is 17.7 Å². The van der Waals surface area contributed by atoms with E-state index in [4.69, 9.17) is 4.74 Å². The van der Waals surface area contributed by atoms with Crippen molar-refractivity contribution in [3.63, 3.8) is 0 Å². The maximum atomic E-state index is 12.2. The molecule has 1 aliphatic rings. The number of benzene rings is 1. The number of rotatable bonds is 5. The van der Waals surface area contributed by atoms with Crippen LogP contribution in [0.15, 0.2) is 12.1 Å². The summed E-state index contributed by atoms with van der Waals surface area (Å²) in [5.41, 5.74) is 3.86. The molecule has 0 atom stereocenters. The van der Waals surface area contributed by atoms with Crippen molar-refractivity contribution in [3.05, 3.63) is 28.8 Å². The van der Waals surface area contributed by atoms with Crippen LogP contribution in [-0.4, -0.2) is 48.5 Å². The second kappa shape index (κ2) is 9.39. The Bertz CT molecular complexity index is 686. The first-order chi connectivity index (χ1) is 12.8. The van der Waals surface area contributed by atoms with Crippen LogP contribution in [0.3, 0.4) is 0 Å². The Morgan fingerprint density at radius 3 is 2.22 bits per heavy atom. The molecule has 2 rings (SSSR count). The van der Waals surface area contributed by atoms with E-state index in [0.717, 1.165) is 22.4 Å². The van der Waals surface area contributed by atoms with Crippen LogP contribution in [0.1, 0.15) is 42.9 Å². The molecule has 1 aromatic rings. The zero-order chi connectivity index (χ0) is 20.0. The van der Waals surface area contributed by atoms with Crippen LogP contribution >= 0.6 is 0 Å². The molecule has 0 aliphatic carbocycles. The van der Waals surface area contributed by atoms with Crippen LogP contribution in [0.25, 0.3) is 0 Å². The smallest absolute Gasteiger partial charge is 0.409 e. The number of anilines is 1. The van der Waals surface area contributed by atoms with Crippen molar-refractivity contribution in [2.24, 2.45) is 0 Å². The van der Waals surface area contributed by atoms with Crippen LogP contribution in [0.2, 0.25) is 0 Å². The van der Waals surface area contributed by atoms with Crippen molar-refractivity contribution in [2.75, 3.05) is 25.0 Å². The summed E-state index contributed by atoms with van der Waals surface area (Å²) in [4.78, 5) is 37.7. The molecule has 0 radical (unpaired) electrons. The van der Waals surface area contributed by atoms with Gasteiger partial charge in [-0.2, -0.15) is 0 Å². The second-order valence-corrected chi connectivity index (χ2v) is 7.03. The predicted octanol–water partition coefficient (Wildman–Crippen LogP) is 2.68. The molecule has 0 bridgehead atoms. The number of nitrogens with one attached hydrogen (secondary N) is 2. The van der Waals surface area contributed by atoms with Crippen molar-refractivity contribution in [1.29, 1.82) is 0 Å². The Morgan fingerprint density at radius 2 is 1.67 bits per heavy atom. The van der Waals surface area contributed by atoms with E-state index in [9.17, 15) is 14.4 Å². The molecule has 3 amide bonds. The Kier molecular flexibility index (Phi) is 7.21. The van der Waals surface area contributed by atoms with Crippen molar-refractivity contribution in [3.8, 4) is 0 Å². The molecular weight excluding hydrogens is 346 g/mol. The highest BCUT2D eigenvalue weighted by Crippen LogP contribution is 2.22. The summed E-state index contributed by atoms with van der Waals surface area (Å²) in [7, 11) is 0. The van der Waals surface area contributed by atoms with Gasteiger partial charge in [-0.15, -0.1) is 0 Å². The molecule has 1 saturated heterocycles. The van der Waals surface area contributed by atoms with E-state index >= 15 is 0 Å². The van der Waals surface area contributed by atoms with Gasteiger partial charge in [-0.25, -0.2) is 4.79 Å². The summed E-state index contributed by atoms with van der Waals surface area (Å²) in [5, 5.41) is 5.73. The van der Waals surface area contributed by atoms with Crippen LogP contribution < -0.4 is 10.6 Å². The van der Waals surface area contributed by atoms with Gasteiger partial charge in [-0.05, 0) is 51.7 Å². The van der Waals surface area contributed by atoms with Crippen molar-refractivity contribution in [1.82, 2.24) is 10.2 Å². The van der Waals surface area contributed by atoms with E-state index in [0.29, 0.717) is 32.5 Å². The minimum Gasteiger partial charge on any atom is -0.450 e. The normalized spacial score (nSPS) is 14.6. The van der Waals surface area contributed by atoms with E-state index < -0.39 is 0 Å². The van der Waals surface area contributed by atoms with Gasteiger partial charge in [0.1, 0.15) is 6.42 Å². The number of hydrogen-bond donors (Lipinski definition) is 2. The fourth-order valence-corrected chi connectivity index (χ4v) is 3.41. The summed E-state index contributed by atoms with van der Waals surface area (Å²) in [6.07, 6.45) is 0.778. The number of nitrogens with zero attached hydrogens (tertiary/aromatic N) is 1. The van der Waals surface area contributed by atoms with Crippen LogP contribution in [0.5, 0.6) is 0 Å². The third-order valence-electron chi connectivity index (χ3n) is 4.65. The van der Waals surface area contributed by atoms with Gasteiger partial charge in [0.05, 0.1) is 6.61 Å². The number of ether oxygens (including phenoxy) is 1. The standard InChI is InChI=1S/C20H29N3O4/c1-5-27-20(26)23-8-6-16(7-9-23)21-17(24)12-18(25)22-19-14(3)10-13(2)11-15(19)4/h10-11,16H,5-9,12H2,1-4H3,(H,21,24)(H,22,25). The molecular formula is C20H29N3O4. The van der Waals surface area contributed by atoms with Gasteiger partial charge in [0.2, 0.25) is 11.8 Å². The number of piperidine rings is 1. The van der Waals surface area contributed by atoms with E-state index in [2.05, 4.69) is 10.6 Å². The molecule has 0 spiro atoms. The predicted molar refractivity (Wildman–Crippen MR) is 104 cm³/mol. The summed E-state index contributed by atoms with van der Waals surface area (Å²) in [6, 6.07) is 3.97. The Balaban J connectivity index is 1.79. The highest BCUT2D eigenvalue weighted by atomic mass is 16.6. The molecule has 1 fully saturated rings. The summed E-state index contributed by atoms with van der Waals surface area (Å²) >= 11 is 0. The first-order valence-electron chi connectivity index (χ1n) is 9.39. The molecule has 0 unspecified atom stereocenters. The first-order valence-corrected chi connectivity index (χ1v) is 9.39. The topological polar surface area (TPSA) is 87.7 Å². The molecule has 2 N–H and O–H groups in total. The average Bonchev–Trinajstić information content (AvgIpc) is 2.58. The quantitative estimate of drug-likeness (QED) is 0.775. The number of hydrogen-bond acceptors (Lipinski definition) is 4. The lowest BCUT2D eigenvalue weighted by molar-refractivity contribution is -0.127. The third kappa shape index (κ3) is 5.98. The van der Waals surface area contributed by atoms with Gasteiger partial charge in [0, 0.05) is 24.8 Å². The second-order valence-electron chi connectivity index (χ2n) is 7.03. The molecule has 27 heavy (non-hydrogen) atoms. The van der Waals surface area contributed by atoms with Crippen molar-refractivity contribution >= 4 is 23.6 Å². The lowest BCUT2D eigenvalue weighted by Gasteiger charge is -2.31. The SMILES string of the molecule is CCOC(=O)N1CCC(NC(=O)CC(=O)Nc2c(C)cc(C)cc2C)CC1. The van der Waals surface area contributed by atoms with Gasteiger partial charge >= 0.3 is 6.09 Å². The fraction of sp³-hybridized carbons (Fsp3) is 0.550. The van der Waals surface area contributed by atoms with Gasteiger partial charge in [0.25, 0.3) is 0 Å². The van der Waals surface area contributed by atoms with E-state index in [1.807, 2.05) is 32.9 Å². The molecule has 0 aromatic heterocycles. The van der Waals surface area contributed by atoms with Gasteiger partial charge < -0.3 is 20.3 Å². The summed E-state index contributed by atoms with van der Waals surface area (Å²) < 4.78 is 4.98. The van der Waals surface area contributed by atoms with E-state index in [-0.39, 0.29) is 30.4 Å². The summed E-state index contributed by atoms with van der Waals surface area (Å²) in [6.45, 7) is 9.09. The van der Waals surface area contributed by atoms with Crippen LogP contribution in [0, 0.1) is 20.8 Å². The van der Waals surface area contributed by atoms with E-state index in [1.54, 1.807) is 11.8 Å². The lowest BCUT2D eigenvalue weighted by Crippen LogP contribution is -2.47. The van der Waals surface area contributed by atoms with Crippen molar-refractivity contribution < 1.29 is 19.1 Å². The number of carbonyl (C=O) groups excluding carboxylic acids is 3. The lowest BCUT2D eigenvalue weighted by atomic mass is 10.0. The highest BCUT2D eigenvalue weighted by Gasteiger charge is 2.25. The highest BCUT2D eigenvalue weighted by molar-refractivity contribution is 6.04. The molecule has 0 saturated carbocycles. The number of aryl methyl sites for hydroxylation is 3. The monoisotopic (exact) mass is 375 g/mol. The van der Waals surface area contributed by atoms with Crippen LogP contribution in [0.4, 0.5) is 10.5 Å². The first kappa shape index (κ1) is 20.7. The number of carbonyl (C=O) groups is 3. The molecule has 148 valence electrons. The minimum absolute atomic E-state index is 0.0289. The Morgan fingerprint density at radius 1 is 1.07 bits per heavy atom. The zero-order valence-electron chi connectivity index (χ0n) is 16.6. The van der Waals surface area contributed by atoms with Crippen LogP contribution in [-0.2, 0) is 14.3 Å². The molecule has 1 heterocycles. The van der Waals surface area contributed by atoms with E-state index in [1.165, 1.54) is 0 Å². The number of likely N-dealkylation sites (tertiary alicyclic amines) is 1. The molecule has 1 aromatic carbocycles. The van der Waals surface area contributed by atoms with Crippen molar-refractivity contribution in [2.45, 2.75) is 53.0 Å². The molecule has 7 nitrogen and oxygen atoms in total. The Labute approximate surface area is 160 Å². The average molecular weight is 375 g/mol. The molecule has 1 aliphatic heterocycles. The maximum absolute atomic E-state index is 12.2. The number of amides is 3.